The smallest absolute Gasteiger partial charge is 0.0421 e. The lowest BCUT2D eigenvalue weighted by Crippen LogP contribution is -2.25. The van der Waals surface area contributed by atoms with Crippen LogP contribution in [0, 0.1) is 0 Å². The Morgan fingerprint density at radius 3 is 2.72 bits per heavy atom. The van der Waals surface area contributed by atoms with Gasteiger partial charge in [-0.3, -0.25) is 4.98 Å². The third kappa shape index (κ3) is 3.23. The zero-order valence-corrected chi connectivity index (χ0v) is 10.7. The van der Waals surface area contributed by atoms with Crippen LogP contribution in [0.3, 0.4) is 0 Å². The molecule has 94 valence electrons. The van der Waals surface area contributed by atoms with Crippen molar-refractivity contribution < 1.29 is 0 Å². The van der Waals surface area contributed by atoms with Gasteiger partial charge in [0.25, 0.3) is 0 Å². The van der Waals surface area contributed by atoms with Gasteiger partial charge in [0.1, 0.15) is 0 Å². The summed E-state index contributed by atoms with van der Waals surface area (Å²) in [5.41, 5.74) is 8.93. The van der Waals surface area contributed by atoms with Crippen molar-refractivity contribution in [2.45, 2.75) is 13.3 Å². The Bertz CT molecular complexity index is 482. The molecule has 0 radical (unpaired) electrons. The molecule has 0 unspecified atom stereocenters. The number of nitrogens with two attached hydrogens (primary N) is 1. The summed E-state index contributed by atoms with van der Waals surface area (Å²) in [6.45, 7) is 4.08. The lowest BCUT2D eigenvalue weighted by Gasteiger charge is -2.23. The number of rotatable bonds is 5. The van der Waals surface area contributed by atoms with Gasteiger partial charge in [0.2, 0.25) is 0 Å². The van der Waals surface area contributed by atoms with Gasteiger partial charge in [-0.15, -0.1) is 0 Å². The van der Waals surface area contributed by atoms with Gasteiger partial charge in [-0.1, -0.05) is 12.1 Å². The summed E-state index contributed by atoms with van der Waals surface area (Å²) in [7, 11) is 0. The molecule has 0 fully saturated rings. The molecule has 1 aromatic carbocycles. The molecule has 0 spiro atoms. The quantitative estimate of drug-likeness (QED) is 0.818. The molecule has 2 N–H and O–H groups in total. The molecule has 0 aliphatic carbocycles. The van der Waals surface area contributed by atoms with Crippen LogP contribution in [0.25, 0.3) is 0 Å². The van der Waals surface area contributed by atoms with Crippen molar-refractivity contribution in [3.63, 3.8) is 0 Å². The summed E-state index contributed by atoms with van der Waals surface area (Å²) in [6, 6.07) is 14.1. The third-order valence-electron chi connectivity index (χ3n) is 2.98. The average Bonchev–Trinajstić information content (AvgIpc) is 2.41. The van der Waals surface area contributed by atoms with E-state index in [4.69, 9.17) is 5.73 Å². The first-order valence-electron chi connectivity index (χ1n) is 6.30. The van der Waals surface area contributed by atoms with Gasteiger partial charge in [-0.25, -0.2) is 0 Å². The maximum Gasteiger partial charge on any atom is 0.0421 e. The minimum atomic E-state index is 0.809. The molecule has 0 atom stereocenters. The Balaban J connectivity index is 2.02. The largest absolute Gasteiger partial charge is 0.399 e. The monoisotopic (exact) mass is 241 g/mol. The number of hydrogen-bond acceptors (Lipinski definition) is 3. The third-order valence-corrected chi connectivity index (χ3v) is 2.98. The fourth-order valence-corrected chi connectivity index (χ4v) is 1.99. The van der Waals surface area contributed by atoms with E-state index in [0.29, 0.717) is 0 Å². The standard InChI is InChI=1S/C15H19N3/c1-2-18(15-8-5-6-13(16)12-15)11-9-14-7-3-4-10-17-14/h3-8,10,12H,2,9,11,16H2,1H3. The van der Waals surface area contributed by atoms with Gasteiger partial charge in [0, 0.05) is 42.8 Å². The fourth-order valence-electron chi connectivity index (χ4n) is 1.99. The fraction of sp³-hybridized carbons (Fsp3) is 0.267. The number of nitrogen functional groups attached to an aromatic ring is 1. The van der Waals surface area contributed by atoms with Gasteiger partial charge >= 0.3 is 0 Å². The van der Waals surface area contributed by atoms with Crippen LogP contribution in [0.5, 0.6) is 0 Å². The summed E-state index contributed by atoms with van der Waals surface area (Å²) in [5.74, 6) is 0. The Hall–Kier alpha value is -2.03. The Morgan fingerprint density at radius 2 is 2.06 bits per heavy atom. The second kappa shape index (κ2) is 6.05. The highest BCUT2D eigenvalue weighted by molar-refractivity contribution is 5.55. The first kappa shape index (κ1) is 12.4. The number of hydrogen-bond donors (Lipinski definition) is 1. The normalized spacial score (nSPS) is 10.3. The highest BCUT2D eigenvalue weighted by Crippen LogP contribution is 2.17. The van der Waals surface area contributed by atoms with Crippen LogP contribution in [-0.4, -0.2) is 18.1 Å². The van der Waals surface area contributed by atoms with Crippen LogP contribution in [0.1, 0.15) is 12.6 Å². The van der Waals surface area contributed by atoms with Gasteiger partial charge in [-0.2, -0.15) is 0 Å². The van der Waals surface area contributed by atoms with E-state index in [-0.39, 0.29) is 0 Å². The topological polar surface area (TPSA) is 42.2 Å². The van der Waals surface area contributed by atoms with E-state index in [1.165, 1.54) is 5.69 Å². The zero-order chi connectivity index (χ0) is 12.8. The predicted octanol–water partition coefficient (Wildman–Crippen LogP) is 2.73. The molecule has 0 aliphatic rings. The van der Waals surface area contributed by atoms with E-state index in [0.717, 1.165) is 30.9 Å². The van der Waals surface area contributed by atoms with Crippen molar-refractivity contribution in [3.8, 4) is 0 Å². The van der Waals surface area contributed by atoms with Gasteiger partial charge in [0.15, 0.2) is 0 Å². The molecule has 3 nitrogen and oxygen atoms in total. The first-order valence-corrected chi connectivity index (χ1v) is 6.30. The van der Waals surface area contributed by atoms with E-state index in [1.54, 1.807) is 0 Å². The Kier molecular flexibility index (Phi) is 4.18. The molecule has 0 saturated carbocycles. The summed E-state index contributed by atoms with van der Waals surface area (Å²) in [6.07, 6.45) is 2.79. The second-order valence-electron chi connectivity index (χ2n) is 4.25. The number of nitrogens with zero attached hydrogens (tertiary/aromatic N) is 2. The number of anilines is 2. The molecule has 18 heavy (non-hydrogen) atoms. The molecule has 2 aromatic rings. The maximum absolute atomic E-state index is 5.82. The van der Waals surface area contributed by atoms with Crippen molar-refractivity contribution >= 4 is 11.4 Å². The minimum absolute atomic E-state index is 0.809. The Labute approximate surface area is 108 Å². The number of pyridine rings is 1. The number of benzene rings is 1. The predicted molar refractivity (Wildman–Crippen MR) is 76.7 cm³/mol. The molecule has 0 amide bonds. The van der Waals surface area contributed by atoms with Crippen molar-refractivity contribution in [1.29, 1.82) is 0 Å². The molecular weight excluding hydrogens is 222 g/mol. The van der Waals surface area contributed by atoms with Crippen molar-refractivity contribution in [1.82, 2.24) is 4.98 Å². The molecular formula is C15H19N3. The van der Waals surface area contributed by atoms with E-state index < -0.39 is 0 Å². The van der Waals surface area contributed by atoms with Gasteiger partial charge in [0.05, 0.1) is 0 Å². The second-order valence-corrected chi connectivity index (χ2v) is 4.25. The molecule has 0 aliphatic heterocycles. The number of likely N-dealkylation sites (N-methyl/N-ethyl adjacent to an activating group) is 1. The van der Waals surface area contributed by atoms with Crippen molar-refractivity contribution in [3.05, 3.63) is 54.4 Å². The van der Waals surface area contributed by atoms with Crippen LogP contribution in [-0.2, 0) is 6.42 Å². The van der Waals surface area contributed by atoms with Crippen LogP contribution < -0.4 is 10.6 Å². The van der Waals surface area contributed by atoms with E-state index in [2.05, 4.69) is 28.9 Å². The Morgan fingerprint density at radius 1 is 1.17 bits per heavy atom. The zero-order valence-electron chi connectivity index (χ0n) is 10.7. The van der Waals surface area contributed by atoms with Crippen molar-refractivity contribution in [2.75, 3.05) is 23.7 Å². The molecule has 0 saturated heterocycles. The van der Waals surface area contributed by atoms with E-state index >= 15 is 0 Å². The first-order chi connectivity index (χ1) is 8.79. The molecule has 0 bridgehead atoms. The molecule has 1 aromatic heterocycles. The highest BCUT2D eigenvalue weighted by Gasteiger charge is 2.05. The molecule has 2 rings (SSSR count). The summed E-state index contributed by atoms with van der Waals surface area (Å²) < 4.78 is 0. The summed E-state index contributed by atoms with van der Waals surface area (Å²) in [5, 5.41) is 0. The SMILES string of the molecule is CCN(CCc1ccccn1)c1cccc(N)c1. The van der Waals surface area contributed by atoms with Crippen LogP contribution in [0.2, 0.25) is 0 Å². The van der Waals surface area contributed by atoms with Gasteiger partial charge in [-0.05, 0) is 37.3 Å². The molecule has 3 heteroatoms. The minimum Gasteiger partial charge on any atom is -0.399 e. The van der Waals surface area contributed by atoms with E-state index in [1.807, 2.05) is 36.5 Å². The van der Waals surface area contributed by atoms with Crippen LogP contribution in [0.4, 0.5) is 11.4 Å². The lowest BCUT2D eigenvalue weighted by molar-refractivity contribution is 0.795. The highest BCUT2D eigenvalue weighted by atomic mass is 15.1. The molecule has 1 heterocycles. The lowest BCUT2D eigenvalue weighted by atomic mass is 10.2. The van der Waals surface area contributed by atoms with Crippen molar-refractivity contribution in [2.24, 2.45) is 0 Å². The van der Waals surface area contributed by atoms with E-state index in [9.17, 15) is 0 Å². The number of aromatic nitrogens is 1. The maximum atomic E-state index is 5.82. The summed E-state index contributed by atoms with van der Waals surface area (Å²) >= 11 is 0. The van der Waals surface area contributed by atoms with Gasteiger partial charge < -0.3 is 10.6 Å². The van der Waals surface area contributed by atoms with Crippen LogP contribution >= 0.6 is 0 Å². The summed E-state index contributed by atoms with van der Waals surface area (Å²) in [4.78, 5) is 6.66. The average molecular weight is 241 g/mol. The van der Waals surface area contributed by atoms with Crippen LogP contribution in [0.15, 0.2) is 48.7 Å².